The highest BCUT2D eigenvalue weighted by molar-refractivity contribution is 6.44. The van der Waals surface area contributed by atoms with Gasteiger partial charge in [0, 0.05) is 54.5 Å². The van der Waals surface area contributed by atoms with Crippen LogP contribution in [0, 0.1) is 0 Å². The largest absolute Gasteiger partial charge is 0.309 e. The van der Waals surface area contributed by atoms with E-state index in [1.165, 1.54) is 143 Å². The molecule has 0 spiro atoms. The molecule has 2 heteroatoms. The van der Waals surface area contributed by atoms with Crippen LogP contribution in [0.15, 0.2) is 231 Å². The van der Waals surface area contributed by atoms with E-state index in [1.54, 1.807) is 0 Å². The topological polar surface area (TPSA) is 9.86 Å². The van der Waals surface area contributed by atoms with Crippen LogP contribution in [0.25, 0.3) is 132 Å². The van der Waals surface area contributed by atoms with Crippen molar-refractivity contribution in [3.8, 4) is 55.9 Å². The highest BCUT2D eigenvalue weighted by Gasteiger charge is 2.37. The van der Waals surface area contributed by atoms with Gasteiger partial charge in [-0.25, -0.2) is 0 Å². The first kappa shape index (κ1) is 41.6. The fourth-order valence-electron chi connectivity index (χ4n) is 14.0. The Balaban J connectivity index is 1.03. The Morgan fingerprint density at radius 2 is 0.581 bits per heavy atom. The summed E-state index contributed by atoms with van der Waals surface area (Å²) in [7, 11) is 0. The Morgan fingerprint density at radius 1 is 0.257 bits per heavy atom. The molecule has 0 saturated heterocycles. The molecule has 0 fully saturated rings. The number of benzene rings is 12. The van der Waals surface area contributed by atoms with Crippen molar-refractivity contribution >= 4 is 75.9 Å². The summed E-state index contributed by atoms with van der Waals surface area (Å²) in [6.45, 7) is 9.50. The summed E-state index contributed by atoms with van der Waals surface area (Å²) in [5, 5.41) is 12.6. The maximum absolute atomic E-state index is 2.56. The summed E-state index contributed by atoms with van der Waals surface area (Å²) < 4.78 is 5.12. The molecular weight excluding hydrogens is 893 g/mol. The standard InChI is InChI=1S/C72H50N2/c1-71(2)59-29-17-15-23-49(59)51-35-31-45(41-61(51)71)43-33-37-63-57(39-43)65-53-25-11-13-27-55(53)68-67(69(65)73(63)47-19-7-5-8-20-47)56-28-14-12-26-54(56)66-58-40-44(34-38-64(58)74(70(66)68)48-21-9-6-10-22-48)46-32-36-52-50-24-16-18-30-60(50)72(3,4)62(52)42-46/h5-42H,1-4H3. The molecule has 0 bridgehead atoms. The number of fused-ring (bicyclic) bond motifs is 21. The minimum absolute atomic E-state index is 0.0906. The van der Waals surface area contributed by atoms with Crippen molar-refractivity contribution in [1.82, 2.24) is 9.13 Å². The zero-order chi connectivity index (χ0) is 49.2. The number of nitrogens with zero attached hydrogens (tertiary/aromatic N) is 2. The van der Waals surface area contributed by atoms with Crippen molar-refractivity contribution in [2.24, 2.45) is 0 Å². The first-order chi connectivity index (χ1) is 36.3. The van der Waals surface area contributed by atoms with Gasteiger partial charge in [-0.05, 0) is 149 Å². The summed E-state index contributed by atoms with van der Waals surface area (Å²) in [6.07, 6.45) is 0. The Hall–Kier alpha value is -8.98. The number of hydrogen-bond donors (Lipinski definition) is 0. The lowest BCUT2D eigenvalue weighted by Gasteiger charge is -2.22. The second kappa shape index (κ2) is 14.8. The van der Waals surface area contributed by atoms with Crippen molar-refractivity contribution in [3.63, 3.8) is 0 Å². The first-order valence-electron chi connectivity index (χ1n) is 26.2. The predicted octanol–water partition coefficient (Wildman–Crippen LogP) is 19.3. The number of para-hydroxylation sites is 2. The van der Waals surface area contributed by atoms with E-state index < -0.39 is 0 Å². The molecule has 0 saturated carbocycles. The van der Waals surface area contributed by atoms with Crippen LogP contribution in [0.5, 0.6) is 0 Å². The lowest BCUT2D eigenvalue weighted by atomic mass is 9.81. The number of rotatable bonds is 4. The number of hydrogen-bond acceptors (Lipinski definition) is 0. The van der Waals surface area contributed by atoms with Crippen molar-refractivity contribution in [2.45, 2.75) is 38.5 Å². The fraction of sp³-hybridized carbons (Fsp3) is 0.0833. The molecule has 0 unspecified atom stereocenters. The van der Waals surface area contributed by atoms with Gasteiger partial charge in [-0.3, -0.25) is 0 Å². The van der Waals surface area contributed by atoms with Gasteiger partial charge in [0.05, 0.1) is 22.1 Å². The van der Waals surface area contributed by atoms with E-state index in [0.717, 1.165) is 11.4 Å². The molecule has 74 heavy (non-hydrogen) atoms. The minimum atomic E-state index is -0.0906. The fourth-order valence-corrected chi connectivity index (χ4v) is 14.0. The van der Waals surface area contributed by atoms with E-state index >= 15 is 0 Å². The highest BCUT2D eigenvalue weighted by Crippen LogP contribution is 2.54. The molecule has 0 amide bonds. The Bertz CT molecular complexity index is 4450. The van der Waals surface area contributed by atoms with Crippen LogP contribution < -0.4 is 0 Å². The predicted molar refractivity (Wildman–Crippen MR) is 314 cm³/mol. The van der Waals surface area contributed by atoms with Gasteiger partial charge in [0.15, 0.2) is 0 Å². The zero-order valence-electron chi connectivity index (χ0n) is 41.8. The number of aromatic nitrogens is 2. The Morgan fingerprint density at radius 3 is 1.00 bits per heavy atom. The smallest absolute Gasteiger partial charge is 0.0633 e. The minimum Gasteiger partial charge on any atom is -0.309 e. The molecule has 0 aliphatic heterocycles. The quantitative estimate of drug-likeness (QED) is 0.156. The van der Waals surface area contributed by atoms with Crippen molar-refractivity contribution in [1.29, 1.82) is 0 Å². The van der Waals surface area contributed by atoms with Crippen LogP contribution in [0.4, 0.5) is 0 Å². The lowest BCUT2D eigenvalue weighted by Crippen LogP contribution is -2.14. The monoisotopic (exact) mass is 942 g/mol. The van der Waals surface area contributed by atoms with Gasteiger partial charge in [0.25, 0.3) is 0 Å². The van der Waals surface area contributed by atoms with Crippen LogP contribution in [-0.4, -0.2) is 9.13 Å². The third-order valence-electron chi connectivity index (χ3n) is 17.5. The van der Waals surface area contributed by atoms with Gasteiger partial charge in [-0.2, -0.15) is 0 Å². The van der Waals surface area contributed by atoms with Crippen molar-refractivity contribution in [2.75, 3.05) is 0 Å². The maximum Gasteiger partial charge on any atom is 0.0633 e. The molecule has 0 radical (unpaired) electrons. The Kier molecular flexibility index (Phi) is 8.33. The van der Waals surface area contributed by atoms with Gasteiger partial charge >= 0.3 is 0 Å². The third kappa shape index (κ3) is 5.44. The molecule has 2 aliphatic carbocycles. The second-order valence-corrected chi connectivity index (χ2v) is 22.0. The van der Waals surface area contributed by atoms with Crippen LogP contribution in [0.3, 0.4) is 0 Å². The van der Waals surface area contributed by atoms with Crippen LogP contribution in [-0.2, 0) is 10.8 Å². The molecule has 2 heterocycles. The van der Waals surface area contributed by atoms with E-state index in [9.17, 15) is 0 Å². The summed E-state index contributed by atoms with van der Waals surface area (Å²) in [6, 6.07) is 87.1. The SMILES string of the molecule is CC1(C)c2ccccc2-c2ccc(-c3ccc4c(c3)c3c5ccccc5c5c(c6ccccc6c6c7cc(-c8ccc9c(c8)C(C)(C)c8ccccc8-9)ccc7n(-c7ccccc7)c65)c3n4-c3ccccc3)cc21. The van der Waals surface area contributed by atoms with Crippen LogP contribution >= 0.6 is 0 Å². The average molecular weight is 943 g/mol. The molecule has 2 aliphatic rings. The molecular formula is C72H50N2. The molecule has 348 valence electrons. The van der Waals surface area contributed by atoms with E-state index in [2.05, 4.69) is 267 Å². The van der Waals surface area contributed by atoms with Crippen LogP contribution in [0.1, 0.15) is 49.9 Å². The van der Waals surface area contributed by atoms with Gasteiger partial charge in [0.1, 0.15) is 0 Å². The second-order valence-electron chi connectivity index (χ2n) is 22.0. The van der Waals surface area contributed by atoms with Gasteiger partial charge in [-0.15, -0.1) is 0 Å². The summed E-state index contributed by atoms with van der Waals surface area (Å²) in [5.41, 5.74) is 22.8. The van der Waals surface area contributed by atoms with Crippen molar-refractivity contribution < 1.29 is 0 Å². The summed E-state index contributed by atoms with van der Waals surface area (Å²) >= 11 is 0. The molecule has 12 aromatic carbocycles. The van der Waals surface area contributed by atoms with E-state index in [-0.39, 0.29) is 10.8 Å². The molecule has 14 aromatic rings. The van der Waals surface area contributed by atoms with Crippen LogP contribution in [0.2, 0.25) is 0 Å². The van der Waals surface area contributed by atoms with E-state index in [4.69, 9.17) is 0 Å². The molecule has 0 atom stereocenters. The van der Waals surface area contributed by atoms with Crippen molar-refractivity contribution in [3.05, 3.63) is 253 Å². The molecule has 2 nitrogen and oxygen atoms in total. The van der Waals surface area contributed by atoms with E-state index in [0.29, 0.717) is 0 Å². The zero-order valence-corrected chi connectivity index (χ0v) is 41.8. The first-order valence-corrected chi connectivity index (χ1v) is 26.2. The molecule has 0 N–H and O–H groups in total. The van der Waals surface area contributed by atoms with Gasteiger partial charge in [0.2, 0.25) is 0 Å². The normalized spacial score (nSPS) is 14.2. The molecule has 2 aromatic heterocycles. The summed E-state index contributed by atoms with van der Waals surface area (Å²) in [4.78, 5) is 0. The van der Waals surface area contributed by atoms with Gasteiger partial charge < -0.3 is 9.13 Å². The maximum atomic E-state index is 2.56. The summed E-state index contributed by atoms with van der Waals surface area (Å²) in [5.74, 6) is 0. The Labute approximate surface area is 430 Å². The highest BCUT2D eigenvalue weighted by atomic mass is 15.0. The molecule has 16 rings (SSSR count). The average Bonchev–Trinajstić information content (AvgIpc) is 4.17. The lowest BCUT2D eigenvalue weighted by molar-refractivity contribution is 0.660. The van der Waals surface area contributed by atoms with E-state index in [1.807, 2.05) is 0 Å². The third-order valence-corrected chi connectivity index (χ3v) is 17.5. The van der Waals surface area contributed by atoms with Gasteiger partial charge in [-0.1, -0.05) is 198 Å².